The first kappa shape index (κ1) is 16.1. The summed E-state index contributed by atoms with van der Waals surface area (Å²) in [5.41, 5.74) is 4.42. The van der Waals surface area contributed by atoms with Crippen LogP contribution >= 0.6 is 0 Å². The zero-order valence-electron chi connectivity index (χ0n) is 15.0. The number of esters is 1. The number of carbonyl (C=O) groups is 1. The predicted molar refractivity (Wildman–Crippen MR) is 105 cm³/mol. The Morgan fingerprint density at radius 3 is 2.50 bits per heavy atom. The molecule has 4 aromatic heterocycles. The minimum absolute atomic E-state index is 0.377. The minimum atomic E-state index is -0.377. The van der Waals surface area contributed by atoms with Crippen LogP contribution in [0.15, 0.2) is 67.0 Å². The first-order valence-corrected chi connectivity index (χ1v) is 8.71. The highest BCUT2D eigenvalue weighted by Gasteiger charge is 2.19. The number of fused-ring (bicyclic) bond motifs is 5. The molecule has 0 fully saturated rings. The summed E-state index contributed by atoms with van der Waals surface area (Å²) in [6.45, 7) is 0. The number of methoxy groups -OCH3 is 1. The van der Waals surface area contributed by atoms with Gasteiger partial charge in [-0.2, -0.15) is 5.26 Å². The molecule has 0 amide bonds. The van der Waals surface area contributed by atoms with Gasteiger partial charge >= 0.3 is 5.97 Å². The Labute approximate surface area is 159 Å². The van der Waals surface area contributed by atoms with Crippen LogP contribution in [-0.4, -0.2) is 26.9 Å². The van der Waals surface area contributed by atoms with E-state index in [0.717, 1.165) is 33.5 Å². The van der Waals surface area contributed by atoms with Crippen LogP contribution < -0.4 is 0 Å². The fraction of sp³-hybridized carbons (Fsp3) is 0.0455. The van der Waals surface area contributed by atoms with Gasteiger partial charge in [0.2, 0.25) is 0 Å². The van der Waals surface area contributed by atoms with Crippen LogP contribution in [0.2, 0.25) is 0 Å². The number of aromatic nitrogens is 3. The van der Waals surface area contributed by atoms with Gasteiger partial charge in [0.05, 0.1) is 34.7 Å². The lowest BCUT2D eigenvalue weighted by Gasteiger charge is -2.08. The molecule has 0 saturated heterocycles. The van der Waals surface area contributed by atoms with Crippen molar-refractivity contribution in [3.63, 3.8) is 0 Å². The fourth-order valence-corrected chi connectivity index (χ4v) is 3.66. The zero-order valence-corrected chi connectivity index (χ0v) is 15.0. The second-order valence-corrected chi connectivity index (χ2v) is 6.41. The Morgan fingerprint density at radius 1 is 1.00 bits per heavy atom. The van der Waals surface area contributed by atoms with Crippen LogP contribution in [0, 0.1) is 11.3 Å². The normalized spacial score (nSPS) is 11.1. The Morgan fingerprint density at radius 2 is 1.75 bits per heavy atom. The van der Waals surface area contributed by atoms with E-state index in [1.165, 1.54) is 7.11 Å². The lowest BCUT2D eigenvalue weighted by atomic mass is 10.1. The van der Waals surface area contributed by atoms with Crippen molar-refractivity contribution < 1.29 is 9.53 Å². The number of hydrogen-bond donors (Lipinski definition) is 0. The van der Waals surface area contributed by atoms with Gasteiger partial charge < -0.3 is 9.14 Å². The lowest BCUT2D eigenvalue weighted by Crippen LogP contribution is -2.01. The molecular weight excluding hydrogens is 352 g/mol. The van der Waals surface area contributed by atoms with Crippen LogP contribution in [0.1, 0.15) is 15.9 Å². The maximum absolute atomic E-state index is 11.7. The van der Waals surface area contributed by atoms with Crippen molar-refractivity contribution in [2.75, 3.05) is 7.11 Å². The van der Waals surface area contributed by atoms with Crippen molar-refractivity contribution in [2.24, 2.45) is 0 Å². The van der Waals surface area contributed by atoms with Crippen LogP contribution in [0.25, 0.3) is 33.5 Å². The average Bonchev–Trinajstić information content (AvgIpc) is 3.35. The Hall–Kier alpha value is -4.11. The average molecular weight is 366 g/mol. The molecule has 6 nitrogen and oxygen atoms in total. The fourth-order valence-electron chi connectivity index (χ4n) is 3.66. The van der Waals surface area contributed by atoms with E-state index in [0.29, 0.717) is 11.1 Å². The van der Waals surface area contributed by atoms with E-state index < -0.39 is 0 Å². The number of carbonyl (C=O) groups excluding carboxylic acids is 1. The SMILES string of the molecule is COC(=O)c1ccc(-c2nc3c(c(C#N)c4ccccn43)c3cccn23)cc1. The number of nitrogens with zero attached hydrogens (tertiary/aromatic N) is 4. The van der Waals surface area contributed by atoms with Crippen molar-refractivity contribution in [3.05, 3.63) is 78.1 Å². The Kier molecular flexibility index (Phi) is 3.43. The van der Waals surface area contributed by atoms with Crippen LogP contribution in [0.4, 0.5) is 0 Å². The first-order chi connectivity index (χ1) is 13.7. The molecule has 5 aromatic rings. The van der Waals surface area contributed by atoms with Gasteiger partial charge in [-0.1, -0.05) is 18.2 Å². The maximum atomic E-state index is 11.7. The van der Waals surface area contributed by atoms with Crippen molar-refractivity contribution in [3.8, 4) is 17.5 Å². The Balaban J connectivity index is 1.85. The standard InChI is InChI=1S/C22H14N4O2/c1-28-22(27)15-9-7-14(8-10-15)20-24-21-19(18-6-4-12-26(18)20)16(13-23)17-5-2-3-11-25(17)21/h2-12H,1H3. The molecule has 4 heterocycles. The van der Waals surface area contributed by atoms with Crippen molar-refractivity contribution in [1.29, 1.82) is 5.26 Å². The molecule has 1 aromatic carbocycles. The van der Waals surface area contributed by atoms with E-state index in [-0.39, 0.29) is 5.97 Å². The third kappa shape index (κ3) is 2.14. The molecule has 0 aliphatic carbocycles. The molecule has 0 radical (unpaired) electrons. The van der Waals surface area contributed by atoms with Gasteiger partial charge in [-0.15, -0.1) is 0 Å². The summed E-state index contributed by atoms with van der Waals surface area (Å²) in [5.74, 6) is 0.356. The van der Waals surface area contributed by atoms with E-state index in [4.69, 9.17) is 9.72 Å². The molecule has 0 spiro atoms. The second-order valence-electron chi connectivity index (χ2n) is 6.41. The molecule has 0 atom stereocenters. The summed E-state index contributed by atoms with van der Waals surface area (Å²) in [6.07, 6.45) is 3.84. The van der Waals surface area contributed by atoms with E-state index in [9.17, 15) is 10.1 Å². The van der Waals surface area contributed by atoms with Gasteiger partial charge in [-0.05, 0) is 36.4 Å². The molecule has 0 saturated carbocycles. The van der Waals surface area contributed by atoms with Crippen molar-refractivity contribution in [1.82, 2.24) is 13.8 Å². The van der Waals surface area contributed by atoms with Gasteiger partial charge in [0.1, 0.15) is 17.5 Å². The number of hydrogen-bond acceptors (Lipinski definition) is 4. The predicted octanol–water partition coefficient (Wildman–Crippen LogP) is 4.07. The molecule has 0 N–H and O–H groups in total. The van der Waals surface area contributed by atoms with Gasteiger partial charge in [0, 0.05) is 18.0 Å². The highest BCUT2D eigenvalue weighted by molar-refractivity contribution is 6.04. The van der Waals surface area contributed by atoms with Crippen LogP contribution in [-0.2, 0) is 4.74 Å². The monoisotopic (exact) mass is 366 g/mol. The molecule has 134 valence electrons. The number of nitriles is 1. The smallest absolute Gasteiger partial charge is 0.337 e. The first-order valence-electron chi connectivity index (χ1n) is 8.71. The molecule has 6 heteroatoms. The number of rotatable bonds is 2. The lowest BCUT2D eigenvalue weighted by molar-refractivity contribution is 0.0601. The van der Waals surface area contributed by atoms with Gasteiger partial charge in [-0.25, -0.2) is 9.78 Å². The minimum Gasteiger partial charge on any atom is -0.465 e. The summed E-state index contributed by atoms with van der Waals surface area (Å²) < 4.78 is 8.67. The molecule has 28 heavy (non-hydrogen) atoms. The van der Waals surface area contributed by atoms with Gasteiger partial charge in [0.25, 0.3) is 0 Å². The largest absolute Gasteiger partial charge is 0.465 e. The van der Waals surface area contributed by atoms with Crippen molar-refractivity contribution in [2.45, 2.75) is 0 Å². The summed E-state index contributed by atoms with van der Waals surface area (Å²) >= 11 is 0. The van der Waals surface area contributed by atoms with E-state index in [1.54, 1.807) is 12.1 Å². The van der Waals surface area contributed by atoms with Gasteiger partial charge in [-0.3, -0.25) is 4.40 Å². The molecule has 0 unspecified atom stereocenters. The molecule has 0 aliphatic heterocycles. The summed E-state index contributed by atoms with van der Waals surface area (Å²) in [5, 5.41) is 10.6. The summed E-state index contributed by atoms with van der Waals surface area (Å²) in [4.78, 5) is 16.6. The molecule has 0 bridgehead atoms. The molecule has 0 aliphatic rings. The highest BCUT2D eigenvalue weighted by Crippen LogP contribution is 2.32. The third-order valence-electron chi connectivity index (χ3n) is 4.94. The van der Waals surface area contributed by atoms with Crippen LogP contribution in [0.3, 0.4) is 0 Å². The zero-order chi connectivity index (χ0) is 19.3. The van der Waals surface area contributed by atoms with Gasteiger partial charge in [0.15, 0.2) is 0 Å². The van der Waals surface area contributed by atoms with Crippen molar-refractivity contribution >= 4 is 28.0 Å². The maximum Gasteiger partial charge on any atom is 0.337 e. The number of ether oxygens (including phenoxy) is 1. The third-order valence-corrected chi connectivity index (χ3v) is 4.94. The Bertz CT molecular complexity index is 1420. The number of pyridine rings is 1. The summed E-state index contributed by atoms with van der Waals surface area (Å²) in [7, 11) is 1.36. The molecular formula is C22H14N4O2. The topological polar surface area (TPSA) is 71.8 Å². The highest BCUT2D eigenvalue weighted by atomic mass is 16.5. The number of benzene rings is 1. The quantitative estimate of drug-likeness (QED) is 0.442. The summed E-state index contributed by atoms with van der Waals surface area (Å²) in [6, 6.07) is 19.1. The second kappa shape index (κ2) is 5.96. The molecule has 5 rings (SSSR count). The van der Waals surface area contributed by atoms with E-state index in [1.807, 2.05) is 63.7 Å². The van der Waals surface area contributed by atoms with E-state index in [2.05, 4.69) is 6.07 Å². The van der Waals surface area contributed by atoms with E-state index >= 15 is 0 Å². The van der Waals surface area contributed by atoms with Crippen LogP contribution in [0.5, 0.6) is 0 Å².